The Hall–Kier alpha value is -2.84. The second kappa shape index (κ2) is 7.65. The Labute approximate surface area is 168 Å². The van der Waals surface area contributed by atoms with Gasteiger partial charge in [0.1, 0.15) is 17.3 Å². The maximum atomic E-state index is 13.3. The zero-order chi connectivity index (χ0) is 19.7. The van der Waals surface area contributed by atoms with Crippen molar-refractivity contribution in [2.24, 2.45) is 0 Å². The number of Topliss-reactive ketones (excluding diaryl/α,β-unsaturated/α-hetero) is 1. The number of hydrogen-bond acceptors (Lipinski definition) is 5. The first-order valence-electron chi connectivity index (χ1n) is 8.62. The van der Waals surface area contributed by atoms with Crippen LogP contribution in [-0.4, -0.2) is 21.1 Å². The molecule has 0 fully saturated rings. The van der Waals surface area contributed by atoms with Crippen molar-refractivity contribution < 1.29 is 14.0 Å². The standard InChI is InChI=1S/C20H16FN3O2S2/c1-12-2-8-16(28-12)15(25)7-9-17(26)22-19-18(13-3-5-14(21)6-4-13)23-20-24(19)10-11-27-20/h2-6,8,10-11H,7,9H2,1H3,(H,22,26). The van der Waals surface area contributed by atoms with Crippen molar-refractivity contribution in [3.8, 4) is 11.3 Å². The fraction of sp³-hybridized carbons (Fsp3) is 0.150. The van der Waals surface area contributed by atoms with Crippen molar-refractivity contribution >= 4 is 45.1 Å². The molecule has 4 aromatic rings. The molecule has 0 atom stereocenters. The molecule has 0 spiro atoms. The summed E-state index contributed by atoms with van der Waals surface area (Å²) in [7, 11) is 0. The van der Waals surface area contributed by atoms with Gasteiger partial charge in [-0.2, -0.15) is 0 Å². The minimum atomic E-state index is -0.335. The number of halogens is 1. The maximum absolute atomic E-state index is 13.3. The molecule has 0 bridgehead atoms. The van der Waals surface area contributed by atoms with Crippen LogP contribution in [-0.2, 0) is 4.79 Å². The number of carbonyl (C=O) groups excluding carboxylic acids is 2. The molecule has 4 rings (SSSR count). The number of ketones is 1. The molecule has 28 heavy (non-hydrogen) atoms. The van der Waals surface area contributed by atoms with Crippen LogP contribution in [0, 0.1) is 12.7 Å². The van der Waals surface area contributed by atoms with Crippen molar-refractivity contribution in [1.82, 2.24) is 9.38 Å². The lowest BCUT2D eigenvalue weighted by molar-refractivity contribution is -0.116. The number of thiazole rings is 1. The van der Waals surface area contributed by atoms with E-state index in [4.69, 9.17) is 0 Å². The van der Waals surface area contributed by atoms with Gasteiger partial charge in [0, 0.05) is 34.9 Å². The lowest BCUT2D eigenvalue weighted by Crippen LogP contribution is -2.15. The molecule has 3 aromatic heterocycles. The lowest BCUT2D eigenvalue weighted by Gasteiger charge is -2.07. The fourth-order valence-electron chi connectivity index (χ4n) is 2.84. The molecule has 3 heterocycles. The summed E-state index contributed by atoms with van der Waals surface area (Å²) in [5, 5.41) is 4.74. The van der Waals surface area contributed by atoms with Crippen LogP contribution in [0.2, 0.25) is 0 Å². The number of benzene rings is 1. The third-order valence-electron chi connectivity index (χ3n) is 4.23. The fourth-order valence-corrected chi connectivity index (χ4v) is 4.39. The number of hydrogen-bond donors (Lipinski definition) is 1. The number of carbonyl (C=O) groups is 2. The number of aryl methyl sites for hydroxylation is 1. The summed E-state index contributed by atoms with van der Waals surface area (Å²) in [5.41, 5.74) is 1.28. The van der Waals surface area contributed by atoms with E-state index in [-0.39, 0.29) is 30.3 Å². The monoisotopic (exact) mass is 413 g/mol. The molecule has 0 radical (unpaired) electrons. The van der Waals surface area contributed by atoms with Gasteiger partial charge in [-0.15, -0.1) is 22.7 Å². The molecule has 1 N–H and O–H groups in total. The van der Waals surface area contributed by atoms with Crippen molar-refractivity contribution in [2.75, 3.05) is 5.32 Å². The maximum Gasteiger partial charge on any atom is 0.226 e. The highest BCUT2D eigenvalue weighted by Crippen LogP contribution is 2.31. The Morgan fingerprint density at radius 3 is 2.64 bits per heavy atom. The summed E-state index contributed by atoms with van der Waals surface area (Å²) >= 11 is 2.87. The topological polar surface area (TPSA) is 63.5 Å². The minimum absolute atomic E-state index is 0.0408. The van der Waals surface area contributed by atoms with E-state index in [1.54, 1.807) is 22.6 Å². The van der Waals surface area contributed by atoms with Gasteiger partial charge in [0.25, 0.3) is 0 Å². The van der Waals surface area contributed by atoms with E-state index in [1.165, 1.54) is 34.8 Å². The van der Waals surface area contributed by atoms with Gasteiger partial charge in [0.2, 0.25) is 5.91 Å². The number of thiophene rings is 1. The predicted molar refractivity (Wildman–Crippen MR) is 110 cm³/mol. The second-order valence-electron chi connectivity index (χ2n) is 6.25. The van der Waals surface area contributed by atoms with Gasteiger partial charge in [-0.3, -0.25) is 14.0 Å². The highest BCUT2D eigenvalue weighted by atomic mass is 32.1. The molecule has 0 aliphatic rings. The van der Waals surface area contributed by atoms with Crippen LogP contribution in [0.4, 0.5) is 10.2 Å². The Morgan fingerprint density at radius 2 is 1.93 bits per heavy atom. The quantitative estimate of drug-likeness (QED) is 0.443. The Kier molecular flexibility index (Phi) is 5.06. The first-order valence-corrected chi connectivity index (χ1v) is 10.3. The van der Waals surface area contributed by atoms with E-state index in [0.717, 1.165) is 9.84 Å². The summed E-state index contributed by atoms with van der Waals surface area (Å²) in [6, 6.07) is 9.65. The lowest BCUT2D eigenvalue weighted by atomic mass is 10.1. The summed E-state index contributed by atoms with van der Waals surface area (Å²) in [5.74, 6) is -0.121. The van der Waals surface area contributed by atoms with Crippen LogP contribution in [0.15, 0.2) is 48.0 Å². The molecule has 142 valence electrons. The molecule has 1 aromatic carbocycles. The number of anilines is 1. The predicted octanol–water partition coefficient (Wildman–Crippen LogP) is 5.17. The van der Waals surface area contributed by atoms with E-state index in [2.05, 4.69) is 10.3 Å². The van der Waals surface area contributed by atoms with E-state index in [1.807, 2.05) is 24.6 Å². The Morgan fingerprint density at radius 1 is 1.14 bits per heavy atom. The molecule has 0 aliphatic heterocycles. The smallest absolute Gasteiger partial charge is 0.226 e. The third kappa shape index (κ3) is 3.74. The summed E-state index contributed by atoms with van der Waals surface area (Å²) < 4.78 is 15.0. The highest BCUT2D eigenvalue weighted by Gasteiger charge is 2.18. The first kappa shape index (κ1) is 18.5. The van der Waals surface area contributed by atoms with Gasteiger partial charge >= 0.3 is 0 Å². The molecular formula is C20H16FN3O2S2. The van der Waals surface area contributed by atoms with Crippen LogP contribution in [0.25, 0.3) is 16.2 Å². The normalized spacial score (nSPS) is 11.1. The summed E-state index contributed by atoms with van der Waals surface area (Å²) in [4.78, 5) is 31.7. The number of rotatable bonds is 6. The van der Waals surface area contributed by atoms with Gasteiger partial charge in [0.05, 0.1) is 4.88 Å². The average Bonchev–Trinajstić information content (AvgIpc) is 3.38. The van der Waals surface area contributed by atoms with E-state index < -0.39 is 0 Å². The SMILES string of the molecule is Cc1ccc(C(=O)CCC(=O)Nc2c(-c3ccc(F)cc3)nc3sccn23)s1. The van der Waals surface area contributed by atoms with E-state index >= 15 is 0 Å². The zero-order valence-electron chi connectivity index (χ0n) is 14.9. The molecule has 8 heteroatoms. The molecule has 0 aliphatic carbocycles. The first-order chi connectivity index (χ1) is 13.5. The Bertz CT molecular complexity index is 1160. The van der Waals surface area contributed by atoms with Crippen molar-refractivity contribution in [3.05, 3.63) is 63.5 Å². The number of amides is 1. The molecule has 0 unspecified atom stereocenters. The number of nitrogens with one attached hydrogen (secondary N) is 1. The van der Waals surface area contributed by atoms with E-state index in [0.29, 0.717) is 22.0 Å². The Balaban J connectivity index is 1.52. The largest absolute Gasteiger partial charge is 0.310 e. The van der Waals surface area contributed by atoms with Gasteiger partial charge in [-0.05, 0) is 43.3 Å². The molecule has 0 saturated carbocycles. The van der Waals surface area contributed by atoms with Crippen molar-refractivity contribution in [1.29, 1.82) is 0 Å². The van der Waals surface area contributed by atoms with Gasteiger partial charge in [-0.1, -0.05) is 0 Å². The molecule has 0 saturated heterocycles. The van der Waals surface area contributed by atoms with Crippen LogP contribution in [0.3, 0.4) is 0 Å². The van der Waals surface area contributed by atoms with Crippen molar-refractivity contribution in [2.45, 2.75) is 19.8 Å². The number of imidazole rings is 1. The molecule has 1 amide bonds. The van der Waals surface area contributed by atoms with Gasteiger partial charge in [-0.25, -0.2) is 9.37 Å². The highest BCUT2D eigenvalue weighted by molar-refractivity contribution is 7.15. The van der Waals surface area contributed by atoms with Crippen LogP contribution in [0.5, 0.6) is 0 Å². The number of fused-ring (bicyclic) bond motifs is 1. The summed E-state index contributed by atoms with van der Waals surface area (Å²) in [6.45, 7) is 1.94. The summed E-state index contributed by atoms with van der Waals surface area (Å²) in [6.07, 6.45) is 2.04. The second-order valence-corrected chi connectivity index (χ2v) is 8.41. The van der Waals surface area contributed by atoms with Crippen molar-refractivity contribution in [3.63, 3.8) is 0 Å². The van der Waals surface area contributed by atoms with Gasteiger partial charge in [0.15, 0.2) is 10.7 Å². The van der Waals surface area contributed by atoms with Crippen LogP contribution >= 0.6 is 22.7 Å². The number of aromatic nitrogens is 2. The average molecular weight is 413 g/mol. The van der Waals surface area contributed by atoms with Crippen LogP contribution in [0.1, 0.15) is 27.4 Å². The van der Waals surface area contributed by atoms with Crippen LogP contribution < -0.4 is 5.32 Å². The molecular weight excluding hydrogens is 397 g/mol. The molecule has 5 nitrogen and oxygen atoms in total. The minimum Gasteiger partial charge on any atom is -0.310 e. The number of nitrogens with zero attached hydrogens (tertiary/aromatic N) is 2. The zero-order valence-corrected chi connectivity index (χ0v) is 16.6. The van der Waals surface area contributed by atoms with E-state index in [9.17, 15) is 14.0 Å². The van der Waals surface area contributed by atoms with Gasteiger partial charge < -0.3 is 5.32 Å². The third-order valence-corrected chi connectivity index (χ3v) is 6.03.